The van der Waals surface area contributed by atoms with E-state index in [9.17, 15) is 0 Å². The van der Waals surface area contributed by atoms with Crippen molar-refractivity contribution < 1.29 is 0 Å². The first kappa shape index (κ1) is 11.5. The van der Waals surface area contributed by atoms with Crippen LogP contribution in [0, 0.1) is 0 Å². The van der Waals surface area contributed by atoms with Crippen LogP contribution in [0.5, 0.6) is 0 Å². The fourth-order valence-corrected chi connectivity index (χ4v) is 1.70. The summed E-state index contributed by atoms with van der Waals surface area (Å²) in [6.45, 7) is 7.44. The highest BCUT2D eigenvalue weighted by Gasteiger charge is 2.26. The van der Waals surface area contributed by atoms with Crippen LogP contribution in [0.2, 0.25) is 0 Å². The second-order valence-electron chi connectivity index (χ2n) is 3.98. The van der Waals surface area contributed by atoms with E-state index in [1.54, 1.807) is 0 Å². The topological polar surface area (TPSA) is 41.6 Å². The highest BCUT2D eigenvalue weighted by atomic mass is 15.2. The number of hydrogen-bond donors (Lipinski definition) is 1. The summed E-state index contributed by atoms with van der Waals surface area (Å²) in [5.74, 6) is 0.819. The Hall–Kier alpha value is -0.570. The van der Waals surface area contributed by atoms with E-state index in [-0.39, 0.29) is 0 Å². The van der Waals surface area contributed by atoms with E-state index in [2.05, 4.69) is 23.7 Å². The summed E-state index contributed by atoms with van der Waals surface area (Å²) >= 11 is 0. The molecule has 1 fully saturated rings. The van der Waals surface area contributed by atoms with E-state index in [0.717, 1.165) is 44.4 Å². The first-order valence-corrected chi connectivity index (χ1v) is 5.80. The zero-order valence-corrected chi connectivity index (χ0v) is 9.50. The Bertz CT molecular complexity index is 185. The molecule has 0 spiro atoms. The second kappa shape index (κ2) is 6.02. The van der Waals surface area contributed by atoms with Crippen LogP contribution in [0.3, 0.4) is 0 Å². The summed E-state index contributed by atoms with van der Waals surface area (Å²) in [5.41, 5.74) is 5.74. The maximum absolute atomic E-state index is 5.74. The normalized spacial score (nSPS) is 17.8. The Balaban J connectivity index is 2.14. The van der Waals surface area contributed by atoms with Crippen molar-refractivity contribution in [2.45, 2.75) is 45.6 Å². The summed E-state index contributed by atoms with van der Waals surface area (Å²) in [4.78, 5) is 6.87. The monoisotopic (exact) mass is 197 g/mol. The van der Waals surface area contributed by atoms with Gasteiger partial charge < -0.3 is 5.73 Å². The van der Waals surface area contributed by atoms with Crippen LogP contribution < -0.4 is 5.73 Å². The lowest BCUT2D eigenvalue weighted by Crippen LogP contribution is -2.29. The third-order valence-electron chi connectivity index (χ3n) is 2.68. The molecule has 0 atom stereocenters. The van der Waals surface area contributed by atoms with Crippen molar-refractivity contribution in [2.75, 3.05) is 19.6 Å². The fourth-order valence-electron chi connectivity index (χ4n) is 1.70. The molecular formula is C11H23N3. The standard InChI is InChI=1S/C11H23N3/c1-3-5-11(12)13-8-9-14(4-2)10-6-7-10/h10H,3-9H2,1-2H3,(H2,12,13). The molecule has 0 aromatic carbocycles. The van der Waals surface area contributed by atoms with Crippen LogP contribution in [-0.4, -0.2) is 36.4 Å². The molecule has 3 heteroatoms. The number of rotatable bonds is 7. The van der Waals surface area contributed by atoms with Crippen LogP contribution in [-0.2, 0) is 0 Å². The first-order valence-electron chi connectivity index (χ1n) is 5.80. The van der Waals surface area contributed by atoms with Gasteiger partial charge in [0.05, 0.1) is 12.4 Å². The Morgan fingerprint density at radius 2 is 2.14 bits per heavy atom. The summed E-state index contributed by atoms with van der Waals surface area (Å²) in [6.07, 6.45) is 4.79. The van der Waals surface area contributed by atoms with Crippen molar-refractivity contribution in [3.05, 3.63) is 0 Å². The average molecular weight is 197 g/mol. The summed E-state index contributed by atoms with van der Waals surface area (Å²) in [6, 6.07) is 0.850. The van der Waals surface area contributed by atoms with Crippen molar-refractivity contribution in [3.63, 3.8) is 0 Å². The predicted octanol–water partition coefficient (Wildman–Crippen LogP) is 1.63. The zero-order valence-electron chi connectivity index (χ0n) is 9.50. The van der Waals surface area contributed by atoms with Crippen molar-refractivity contribution in [3.8, 4) is 0 Å². The SMILES string of the molecule is CCCC(N)=NCCN(CC)C1CC1. The molecule has 0 aromatic heterocycles. The largest absolute Gasteiger partial charge is 0.387 e. The summed E-state index contributed by atoms with van der Waals surface area (Å²) in [5, 5.41) is 0. The van der Waals surface area contributed by atoms with Gasteiger partial charge in [-0.15, -0.1) is 0 Å². The van der Waals surface area contributed by atoms with Crippen molar-refractivity contribution in [2.24, 2.45) is 10.7 Å². The Labute approximate surface area is 87.4 Å². The van der Waals surface area contributed by atoms with E-state index >= 15 is 0 Å². The van der Waals surface area contributed by atoms with Gasteiger partial charge in [-0.2, -0.15) is 0 Å². The molecule has 1 aliphatic carbocycles. The van der Waals surface area contributed by atoms with Gasteiger partial charge in [-0.3, -0.25) is 9.89 Å². The lowest BCUT2D eigenvalue weighted by Gasteiger charge is -2.18. The van der Waals surface area contributed by atoms with Crippen LogP contribution >= 0.6 is 0 Å². The van der Waals surface area contributed by atoms with E-state index < -0.39 is 0 Å². The minimum absolute atomic E-state index is 0.819. The van der Waals surface area contributed by atoms with Crippen LogP contribution in [0.25, 0.3) is 0 Å². The van der Waals surface area contributed by atoms with Crippen LogP contribution in [0.1, 0.15) is 39.5 Å². The van der Waals surface area contributed by atoms with Gasteiger partial charge in [0.25, 0.3) is 0 Å². The second-order valence-corrected chi connectivity index (χ2v) is 3.98. The number of amidine groups is 1. The molecule has 1 aliphatic rings. The molecule has 14 heavy (non-hydrogen) atoms. The number of nitrogens with two attached hydrogens (primary N) is 1. The van der Waals surface area contributed by atoms with Gasteiger partial charge in [0, 0.05) is 19.0 Å². The Kier molecular flexibility index (Phi) is 4.94. The lowest BCUT2D eigenvalue weighted by atomic mass is 10.3. The summed E-state index contributed by atoms with van der Waals surface area (Å²) in [7, 11) is 0. The van der Waals surface area contributed by atoms with Crippen molar-refractivity contribution >= 4 is 5.84 Å². The van der Waals surface area contributed by atoms with Gasteiger partial charge in [0.1, 0.15) is 0 Å². The number of aliphatic imine (C=N–C) groups is 1. The Morgan fingerprint density at radius 1 is 1.43 bits per heavy atom. The number of likely N-dealkylation sites (N-methyl/N-ethyl adjacent to an activating group) is 1. The van der Waals surface area contributed by atoms with Crippen LogP contribution in [0.15, 0.2) is 4.99 Å². The maximum Gasteiger partial charge on any atom is 0.0937 e. The molecule has 2 N–H and O–H groups in total. The quantitative estimate of drug-likeness (QED) is 0.498. The van der Waals surface area contributed by atoms with E-state index in [4.69, 9.17) is 5.73 Å². The molecule has 0 aromatic rings. The van der Waals surface area contributed by atoms with Gasteiger partial charge >= 0.3 is 0 Å². The fraction of sp³-hybridized carbons (Fsp3) is 0.909. The highest BCUT2D eigenvalue weighted by Crippen LogP contribution is 2.25. The van der Waals surface area contributed by atoms with Gasteiger partial charge in [-0.05, 0) is 25.8 Å². The molecule has 0 unspecified atom stereocenters. The van der Waals surface area contributed by atoms with E-state index in [1.165, 1.54) is 12.8 Å². The molecular weight excluding hydrogens is 174 g/mol. The molecule has 1 saturated carbocycles. The van der Waals surface area contributed by atoms with E-state index in [0.29, 0.717) is 0 Å². The lowest BCUT2D eigenvalue weighted by molar-refractivity contribution is 0.286. The molecule has 82 valence electrons. The molecule has 0 radical (unpaired) electrons. The highest BCUT2D eigenvalue weighted by molar-refractivity contribution is 5.80. The average Bonchev–Trinajstić information content (AvgIpc) is 2.96. The minimum atomic E-state index is 0.819. The summed E-state index contributed by atoms with van der Waals surface area (Å²) < 4.78 is 0. The van der Waals surface area contributed by atoms with Gasteiger partial charge in [-0.1, -0.05) is 13.8 Å². The van der Waals surface area contributed by atoms with Gasteiger partial charge in [0.2, 0.25) is 0 Å². The molecule has 1 rings (SSSR count). The van der Waals surface area contributed by atoms with E-state index in [1.807, 2.05) is 0 Å². The molecule has 0 heterocycles. The molecule has 3 nitrogen and oxygen atoms in total. The molecule has 0 amide bonds. The van der Waals surface area contributed by atoms with Crippen molar-refractivity contribution in [1.29, 1.82) is 0 Å². The third kappa shape index (κ3) is 4.09. The minimum Gasteiger partial charge on any atom is -0.387 e. The van der Waals surface area contributed by atoms with Crippen molar-refractivity contribution in [1.82, 2.24) is 4.90 Å². The Morgan fingerprint density at radius 3 is 2.64 bits per heavy atom. The molecule has 0 saturated heterocycles. The molecule has 0 aliphatic heterocycles. The maximum atomic E-state index is 5.74. The number of hydrogen-bond acceptors (Lipinski definition) is 2. The van der Waals surface area contributed by atoms with Crippen LogP contribution in [0.4, 0.5) is 0 Å². The predicted molar refractivity (Wildman–Crippen MR) is 61.7 cm³/mol. The smallest absolute Gasteiger partial charge is 0.0937 e. The zero-order chi connectivity index (χ0) is 10.4. The van der Waals surface area contributed by atoms with Gasteiger partial charge in [-0.25, -0.2) is 0 Å². The van der Waals surface area contributed by atoms with Gasteiger partial charge in [0.15, 0.2) is 0 Å². The number of nitrogens with zero attached hydrogens (tertiary/aromatic N) is 2. The third-order valence-corrected chi connectivity index (χ3v) is 2.68. The first-order chi connectivity index (χ1) is 6.77. The molecule has 0 bridgehead atoms.